The fraction of sp³-hybridized carbons (Fsp3) is 0.929. The standard InChI is InChI=1S/C14H25N3O/c1-3-15-14(16-8-10-6-9(10)2)17-12-7-11-4-5-13(12)18-11/h9-13H,3-8H2,1-2H3,(H2,15,16,17). The van der Waals surface area contributed by atoms with Crippen LogP contribution in [-0.2, 0) is 4.74 Å². The highest BCUT2D eigenvalue weighted by Gasteiger charge is 2.41. The Hall–Kier alpha value is -0.770. The Morgan fingerprint density at radius 1 is 1.33 bits per heavy atom. The van der Waals surface area contributed by atoms with E-state index in [2.05, 4.69) is 24.5 Å². The van der Waals surface area contributed by atoms with Crippen LogP contribution < -0.4 is 10.6 Å². The van der Waals surface area contributed by atoms with E-state index in [1.165, 1.54) is 19.3 Å². The Morgan fingerprint density at radius 2 is 2.17 bits per heavy atom. The second-order valence-corrected chi connectivity index (χ2v) is 6.05. The molecule has 2 N–H and O–H groups in total. The molecule has 18 heavy (non-hydrogen) atoms. The summed E-state index contributed by atoms with van der Waals surface area (Å²) in [7, 11) is 0. The first-order valence-corrected chi connectivity index (χ1v) is 7.46. The largest absolute Gasteiger partial charge is 0.373 e. The molecule has 1 aliphatic carbocycles. The van der Waals surface area contributed by atoms with E-state index in [4.69, 9.17) is 9.73 Å². The first kappa shape index (κ1) is 12.3. The SMILES string of the molecule is CCNC(=NCC1CC1C)NC1CC2CCC1O2. The van der Waals surface area contributed by atoms with Gasteiger partial charge < -0.3 is 15.4 Å². The van der Waals surface area contributed by atoms with E-state index < -0.39 is 0 Å². The Labute approximate surface area is 110 Å². The maximum Gasteiger partial charge on any atom is 0.191 e. The van der Waals surface area contributed by atoms with Gasteiger partial charge in [-0.2, -0.15) is 0 Å². The molecule has 3 rings (SSSR count). The number of guanidine groups is 1. The molecule has 5 atom stereocenters. The zero-order valence-corrected chi connectivity index (χ0v) is 11.5. The van der Waals surface area contributed by atoms with Crippen LogP contribution in [0.4, 0.5) is 0 Å². The molecular weight excluding hydrogens is 226 g/mol. The third-order valence-electron chi connectivity index (χ3n) is 4.53. The molecule has 0 spiro atoms. The first-order valence-electron chi connectivity index (χ1n) is 7.46. The number of rotatable bonds is 4. The quantitative estimate of drug-likeness (QED) is 0.588. The average Bonchev–Trinajstić information content (AvgIpc) is 2.78. The molecule has 4 heteroatoms. The molecule has 2 bridgehead atoms. The Morgan fingerprint density at radius 3 is 2.72 bits per heavy atom. The lowest BCUT2D eigenvalue weighted by Crippen LogP contribution is -2.47. The summed E-state index contributed by atoms with van der Waals surface area (Å²) in [6, 6.07) is 0.471. The molecule has 2 saturated heterocycles. The van der Waals surface area contributed by atoms with Crippen LogP contribution in [0.2, 0.25) is 0 Å². The molecule has 2 heterocycles. The van der Waals surface area contributed by atoms with Crippen LogP contribution >= 0.6 is 0 Å². The molecule has 0 aromatic rings. The van der Waals surface area contributed by atoms with Crippen LogP contribution in [0.25, 0.3) is 0 Å². The highest BCUT2D eigenvalue weighted by Crippen LogP contribution is 2.37. The van der Waals surface area contributed by atoms with Crippen LogP contribution in [0, 0.1) is 11.8 Å². The van der Waals surface area contributed by atoms with Gasteiger partial charge in [0.1, 0.15) is 0 Å². The van der Waals surface area contributed by atoms with Gasteiger partial charge in [0, 0.05) is 13.1 Å². The van der Waals surface area contributed by atoms with Crippen LogP contribution in [0.15, 0.2) is 4.99 Å². The lowest BCUT2D eigenvalue weighted by Gasteiger charge is -2.22. The number of fused-ring (bicyclic) bond motifs is 2. The second-order valence-electron chi connectivity index (χ2n) is 6.05. The second kappa shape index (κ2) is 5.08. The van der Waals surface area contributed by atoms with E-state index >= 15 is 0 Å². The highest BCUT2D eigenvalue weighted by atomic mass is 16.5. The molecule has 4 nitrogen and oxygen atoms in total. The highest BCUT2D eigenvalue weighted by molar-refractivity contribution is 5.80. The average molecular weight is 251 g/mol. The maximum atomic E-state index is 5.87. The molecule has 102 valence electrons. The van der Waals surface area contributed by atoms with Gasteiger partial charge in [-0.3, -0.25) is 4.99 Å². The smallest absolute Gasteiger partial charge is 0.191 e. The van der Waals surface area contributed by atoms with Gasteiger partial charge in [-0.1, -0.05) is 6.92 Å². The van der Waals surface area contributed by atoms with E-state index in [-0.39, 0.29) is 0 Å². The molecule has 0 radical (unpaired) electrons. The van der Waals surface area contributed by atoms with Crippen molar-refractivity contribution >= 4 is 5.96 Å². The summed E-state index contributed by atoms with van der Waals surface area (Å²) in [5, 5.41) is 6.91. The molecule has 3 fully saturated rings. The van der Waals surface area contributed by atoms with E-state index in [1.54, 1.807) is 0 Å². The Balaban J connectivity index is 1.53. The molecule has 3 aliphatic rings. The van der Waals surface area contributed by atoms with Crippen molar-refractivity contribution in [1.82, 2.24) is 10.6 Å². The Bertz CT molecular complexity index is 331. The molecule has 5 unspecified atom stereocenters. The van der Waals surface area contributed by atoms with E-state index in [0.29, 0.717) is 18.2 Å². The van der Waals surface area contributed by atoms with E-state index in [1.807, 2.05) is 0 Å². The lowest BCUT2D eigenvalue weighted by atomic mass is 9.96. The predicted octanol–water partition coefficient (Wildman–Crippen LogP) is 1.52. The van der Waals surface area contributed by atoms with Crippen LogP contribution in [0.5, 0.6) is 0 Å². The van der Waals surface area contributed by atoms with Crippen LogP contribution in [-0.4, -0.2) is 37.3 Å². The summed E-state index contributed by atoms with van der Waals surface area (Å²) in [5.74, 6) is 2.68. The number of hydrogen-bond acceptors (Lipinski definition) is 2. The number of ether oxygens (including phenoxy) is 1. The van der Waals surface area contributed by atoms with Crippen molar-refractivity contribution in [2.45, 2.75) is 57.8 Å². The van der Waals surface area contributed by atoms with Gasteiger partial charge in [-0.05, 0) is 44.4 Å². The number of nitrogens with one attached hydrogen (secondary N) is 2. The van der Waals surface area contributed by atoms with Crippen molar-refractivity contribution in [3.63, 3.8) is 0 Å². The van der Waals surface area contributed by atoms with Crippen molar-refractivity contribution in [2.24, 2.45) is 16.8 Å². The maximum absolute atomic E-state index is 5.87. The van der Waals surface area contributed by atoms with Gasteiger partial charge in [0.2, 0.25) is 0 Å². The summed E-state index contributed by atoms with van der Waals surface area (Å²) in [6.07, 6.45) is 5.87. The summed E-state index contributed by atoms with van der Waals surface area (Å²) >= 11 is 0. The van der Waals surface area contributed by atoms with Gasteiger partial charge in [0.05, 0.1) is 18.2 Å². The fourth-order valence-electron chi connectivity index (χ4n) is 3.15. The summed E-state index contributed by atoms with van der Waals surface area (Å²) < 4.78 is 5.87. The van der Waals surface area contributed by atoms with Gasteiger partial charge in [-0.25, -0.2) is 0 Å². The third kappa shape index (κ3) is 2.63. The van der Waals surface area contributed by atoms with Crippen molar-refractivity contribution < 1.29 is 4.74 Å². The molecular formula is C14H25N3O. The summed E-state index contributed by atoms with van der Waals surface area (Å²) in [5.41, 5.74) is 0. The van der Waals surface area contributed by atoms with Gasteiger partial charge in [0.15, 0.2) is 5.96 Å². The normalized spacial score (nSPS) is 42.1. The minimum Gasteiger partial charge on any atom is -0.373 e. The zero-order valence-electron chi connectivity index (χ0n) is 11.5. The molecule has 0 aromatic heterocycles. The fourth-order valence-corrected chi connectivity index (χ4v) is 3.15. The van der Waals surface area contributed by atoms with Crippen LogP contribution in [0.1, 0.15) is 39.5 Å². The van der Waals surface area contributed by atoms with E-state index in [0.717, 1.165) is 37.3 Å². The number of aliphatic imine (C=N–C) groups is 1. The molecule has 2 aliphatic heterocycles. The monoisotopic (exact) mass is 251 g/mol. The predicted molar refractivity (Wildman–Crippen MR) is 72.7 cm³/mol. The summed E-state index contributed by atoms with van der Waals surface area (Å²) in [6.45, 7) is 6.32. The molecule has 0 aromatic carbocycles. The first-order chi connectivity index (χ1) is 8.76. The van der Waals surface area contributed by atoms with Gasteiger partial charge in [-0.15, -0.1) is 0 Å². The van der Waals surface area contributed by atoms with E-state index in [9.17, 15) is 0 Å². The lowest BCUT2D eigenvalue weighted by molar-refractivity contribution is 0.0992. The van der Waals surface area contributed by atoms with Gasteiger partial charge in [0.25, 0.3) is 0 Å². The third-order valence-corrected chi connectivity index (χ3v) is 4.53. The Kier molecular flexibility index (Phi) is 3.46. The number of nitrogens with zero attached hydrogens (tertiary/aromatic N) is 1. The van der Waals surface area contributed by atoms with Crippen molar-refractivity contribution in [3.8, 4) is 0 Å². The zero-order chi connectivity index (χ0) is 12.5. The van der Waals surface area contributed by atoms with Gasteiger partial charge >= 0.3 is 0 Å². The minimum atomic E-state index is 0.415. The van der Waals surface area contributed by atoms with Crippen molar-refractivity contribution in [1.29, 1.82) is 0 Å². The topological polar surface area (TPSA) is 45.7 Å². The van der Waals surface area contributed by atoms with Crippen molar-refractivity contribution in [3.05, 3.63) is 0 Å². The van der Waals surface area contributed by atoms with Crippen molar-refractivity contribution in [2.75, 3.05) is 13.1 Å². The van der Waals surface area contributed by atoms with Crippen LogP contribution in [0.3, 0.4) is 0 Å². The molecule has 0 amide bonds. The minimum absolute atomic E-state index is 0.415. The number of hydrogen-bond donors (Lipinski definition) is 2. The summed E-state index contributed by atoms with van der Waals surface area (Å²) in [4.78, 5) is 4.71. The molecule has 1 saturated carbocycles.